The molecule has 3 heterocycles. The quantitative estimate of drug-likeness (QED) is 0.161. The summed E-state index contributed by atoms with van der Waals surface area (Å²) in [5.41, 5.74) is 13.4. The maximum Gasteiger partial charge on any atom is 0.164 e. The van der Waals surface area contributed by atoms with Gasteiger partial charge in [0.25, 0.3) is 0 Å². The minimum Gasteiger partial charge on any atom is -0.309 e. The molecule has 0 unspecified atom stereocenters. The van der Waals surface area contributed by atoms with Gasteiger partial charge in [-0.25, -0.2) is 15.0 Å². The normalized spacial score (nSPS) is 11.5. The van der Waals surface area contributed by atoms with Crippen LogP contribution in [0.25, 0.3) is 115 Å². The van der Waals surface area contributed by atoms with E-state index in [4.69, 9.17) is 15.0 Å². The largest absolute Gasteiger partial charge is 0.309 e. The van der Waals surface area contributed by atoms with Crippen LogP contribution in [0.2, 0.25) is 0 Å². The third-order valence-electron chi connectivity index (χ3n) is 11.8. The number of nitrogens with zero attached hydrogens (tertiary/aromatic N) is 4. The zero-order valence-corrected chi connectivity index (χ0v) is 34.3. The third kappa shape index (κ3) is 6.18. The molecular formula is C57H36N4S. The van der Waals surface area contributed by atoms with Gasteiger partial charge in [-0.15, -0.1) is 11.3 Å². The lowest BCUT2D eigenvalue weighted by Crippen LogP contribution is -2.00. The van der Waals surface area contributed by atoms with Crippen molar-refractivity contribution in [1.82, 2.24) is 19.5 Å². The average molecular weight is 809 g/mol. The summed E-state index contributed by atoms with van der Waals surface area (Å²) < 4.78 is 5.01. The van der Waals surface area contributed by atoms with Crippen molar-refractivity contribution < 1.29 is 0 Å². The number of thiophene rings is 1. The number of hydrogen-bond acceptors (Lipinski definition) is 4. The Hall–Kier alpha value is -7.99. The summed E-state index contributed by atoms with van der Waals surface area (Å²) >= 11 is 1.89. The summed E-state index contributed by atoms with van der Waals surface area (Å²) in [5.74, 6) is 1.92. The highest BCUT2D eigenvalue weighted by Gasteiger charge is 2.23. The molecule has 290 valence electrons. The van der Waals surface area contributed by atoms with E-state index < -0.39 is 0 Å². The SMILES string of the molecule is c1ccc(-c2ccc3sc4c(-c5ccccc5)cc5c(c6cc(-c7ccccc7)ccc6n5-c5ccc(-c6nc(-c7ccccc7)nc(-c7ccccc7)n6)cc5)c4c3c2)cc1. The van der Waals surface area contributed by atoms with Crippen molar-refractivity contribution in [1.29, 1.82) is 0 Å². The number of benzene rings is 9. The zero-order valence-electron chi connectivity index (χ0n) is 33.5. The van der Waals surface area contributed by atoms with Crippen molar-refractivity contribution in [2.45, 2.75) is 0 Å². The highest BCUT2D eigenvalue weighted by atomic mass is 32.1. The third-order valence-corrected chi connectivity index (χ3v) is 13.1. The minimum atomic E-state index is 0.631. The molecule has 12 rings (SSSR count). The van der Waals surface area contributed by atoms with Gasteiger partial charge >= 0.3 is 0 Å². The Bertz CT molecular complexity index is 3520. The predicted molar refractivity (Wildman–Crippen MR) is 260 cm³/mol. The van der Waals surface area contributed by atoms with Crippen LogP contribution in [0, 0.1) is 0 Å². The first-order chi connectivity index (χ1) is 30.7. The molecule has 0 N–H and O–H groups in total. The molecule has 0 aliphatic rings. The van der Waals surface area contributed by atoms with Crippen LogP contribution >= 0.6 is 11.3 Å². The van der Waals surface area contributed by atoms with Crippen LogP contribution in [-0.2, 0) is 0 Å². The minimum absolute atomic E-state index is 0.631. The van der Waals surface area contributed by atoms with Crippen molar-refractivity contribution in [3.63, 3.8) is 0 Å². The van der Waals surface area contributed by atoms with Gasteiger partial charge in [0.05, 0.1) is 11.0 Å². The van der Waals surface area contributed by atoms with Crippen LogP contribution in [0.3, 0.4) is 0 Å². The monoisotopic (exact) mass is 808 g/mol. The number of hydrogen-bond donors (Lipinski definition) is 0. The summed E-state index contributed by atoms with van der Waals surface area (Å²) in [6.45, 7) is 0. The van der Waals surface area contributed by atoms with Gasteiger partial charge in [0.1, 0.15) is 0 Å². The zero-order chi connectivity index (χ0) is 41.0. The molecule has 3 aromatic heterocycles. The lowest BCUT2D eigenvalue weighted by Gasteiger charge is -2.12. The number of rotatable bonds is 7. The Kier molecular flexibility index (Phi) is 8.65. The first-order valence-electron chi connectivity index (χ1n) is 20.8. The van der Waals surface area contributed by atoms with Gasteiger partial charge in [0.2, 0.25) is 0 Å². The molecule has 9 aromatic carbocycles. The van der Waals surface area contributed by atoms with E-state index in [9.17, 15) is 0 Å². The second kappa shape index (κ2) is 14.9. The van der Waals surface area contributed by atoms with Crippen LogP contribution in [0.5, 0.6) is 0 Å². The first-order valence-corrected chi connectivity index (χ1v) is 21.7. The average Bonchev–Trinajstić information content (AvgIpc) is 3.90. The van der Waals surface area contributed by atoms with Crippen LogP contribution in [0.4, 0.5) is 0 Å². The summed E-state index contributed by atoms with van der Waals surface area (Å²) in [7, 11) is 0. The molecule has 0 saturated heterocycles. The Morgan fingerprint density at radius 3 is 1.29 bits per heavy atom. The molecule has 5 heteroatoms. The first kappa shape index (κ1) is 35.9. The van der Waals surface area contributed by atoms with Crippen molar-refractivity contribution in [2.24, 2.45) is 0 Å². The molecule has 4 nitrogen and oxygen atoms in total. The fraction of sp³-hybridized carbons (Fsp3) is 0. The van der Waals surface area contributed by atoms with Crippen molar-refractivity contribution in [2.75, 3.05) is 0 Å². The van der Waals surface area contributed by atoms with E-state index in [0.29, 0.717) is 17.5 Å². The van der Waals surface area contributed by atoms with Gasteiger partial charge in [-0.1, -0.05) is 164 Å². The molecule has 0 aliphatic heterocycles. The predicted octanol–water partition coefficient (Wildman–Crippen LogP) is 15.3. The standard InChI is InChI=1S/C57H36N4S/c1-6-16-37(17-7-1)43-28-32-49-47(34-43)52-50(36-46(39-20-10-3-11-21-39)54-53(52)48-35-44(29-33-51(48)62-54)38-18-8-2-9-19-38)61(49)45-30-26-42(27-31-45)57-59-55(40-22-12-4-13-23-40)58-56(60-57)41-24-14-5-15-25-41/h1-36H. The van der Waals surface area contributed by atoms with Crippen LogP contribution < -0.4 is 0 Å². The molecule has 0 atom stereocenters. The molecule has 0 radical (unpaired) electrons. The Balaban J connectivity index is 1.12. The molecule has 62 heavy (non-hydrogen) atoms. The highest BCUT2D eigenvalue weighted by Crippen LogP contribution is 2.49. The van der Waals surface area contributed by atoms with Gasteiger partial charge in [-0.3, -0.25) is 0 Å². The summed E-state index contributed by atoms with van der Waals surface area (Å²) in [4.78, 5) is 15.0. The Morgan fingerprint density at radius 1 is 0.323 bits per heavy atom. The molecule has 0 bridgehead atoms. The molecule has 0 saturated carbocycles. The van der Waals surface area contributed by atoms with Crippen LogP contribution in [0.15, 0.2) is 218 Å². The maximum atomic E-state index is 5.03. The van der Waals surface area contributed by atoms with E-state index in [0.717, 1.165) is 33.4 Å². The summed E-state index contributed by atoms with van der Waals surface area (Å²) in [5, 5.41) is 5.03. The van der Waals surface area contributed by atoms with Crippen molar-refractivity contribution >= 4 is 53.3 Å². The van der Waals surface area contributed by atoms with E-state index in [1.54, 1.807) is 0 Å². The van der Waals surface area contributed by atoms with E-state index >= 15 is 0 Å². The lowest BCUT2D eigenvalue weighted by molar-refractivity contribution is 1.07. The van der Waals surface area contributed by atoms with Crippen molar-refractivity contribution in [3.05, 3.63) is 218 Å². The van der Waals surface area contributed by atoms with Crippen LogP contribution in [0.1, 0.15) is 0 Å². The Labute approximate surface area is 362 Å². The molecule has 12 aromatic rings. The van der Waals surface area contributed by atoms with Gasteiger partial charge in [0, 0.05) is 58.9 Å². The van der Waals surface area contributed by atoms with Gasteiger partial charge in [-0.2, -0.15) is 0 Å². The van der Waals surface area contributed by atoms with E-state index in [1.807, 2.05) is 72.0 Å². The fourth-order valence-corrected chi connectivity index (χ4v) is 10.1. The topological polar surface area (TPSA) is 43.6 Å². The molecule has 0 fully saturated rings. The molecule has 0 spiro atoms. The molecular weight excluding hydrogens is 773 g/mol. The van der Waals surface area contributed by atoms with Gasteiger partial charge in [0.15, 0.2) is 17.5 Å². The second-order valence-electron chi connectivity index (χ2n) is 15.6. The molecule has 0 aliphatic carbocycles. The number of fused-ring (bicyclic) bond motifs is 7. The van der Waals surface area contributed by atoms with Crippen molar-refractivity contribution in [3.8, 4) is 73.2 Å². The number of aromatic nitrogens is 4. The fourth-order valence-electron chi connectivity index (χ4n) is 8.88. The van der Waals surface area contributed by atoms with Gasteiger partial charge < -0.3 is 4.57 Å². The maximum absolute atomic E-state index is 5.03. The van der Waals surface area contributed by atoms with Gasteiger partial charge in [-0.05, 0) is 82.4 Å². The summed E-state index contributed by atoms with van der Waals surface area (Å²) in [6, 6.07) is 77.6. The Morgan fingerprint density at radius 2 is 0.758 bits per heavy atom. The van der Waals surface area contributed by atoms with E-state index in [2.05, 4.69) is 162 Å². The van der Waals surface area contributed by atoms with Crippen LogP contribution in [-0.4, -0.2) is 19.5 Å². The second-order valence-corrected chi connectivity index (χ2v) is 16.6. The smallest absolute Gasteiger partial charge is 0.164 e. The summed E-state index contributed by atoms with van der Waals surface area (Å²) in [6.07, 6.45) is 0. The lowest BCUT2D eigenvalue weighted by atomic mass is 9.96. The molecule has 0 amide bonds. The van der Waals surface area contributed by atoms with E-state index in [-0.39, 0.29) is 0 Å². The van der Waals surface area contributed by atoms with E-state index in [1.165, 1.54) is 64.3 Å². The highest BCUT2D eigenvalue weighted by molar-refractivity contribution is 7.26.